The van der Waals surface area contributed by atoms with Crippen LogP contribution in [0.25, 0.3) is 0 Å². The molecule has 1 aromatic carbocycles. The zero-order valence-corrected chi connectivity index (χ0v) is 12.0. The predicted molar refractivity (Wildman–Crippen MR) is 81.3 cm³/mol. The average Bonchev–Trinajstić information content (AvgIpc) is 2.93. The average molecular weight is 272 g/mol. The van der Waals surface area contributed by atoms with E-state index in [0.29, 0.717) is 6.54 Å². The summed E-state index contributed by atoms with van der Waals surface area (Å²) < 4.78 is 0. The number of thiophene rings is 1. The molecule has 100 valence electrons. The van der Waals surface area contributed by atoms with E-state index in [4.69, 9.17) is 5.73 Å². The summed E-state index contributed by atoms with van der Waals surface area (Å²) in [5.41, 5.74) is 10.0. The highest BCUT2D eigenvalue weighted by atomic mass is 32.1. The third-order valence-corrected chi connectivity index (χ3v) is 4.95. The van der Waals surface area contributed by atoms with Gasteiger partial charge in [-0.3, -0.25) is 4.90 Å². The fourth-order valence-corrected chi connectivity index (χ4v) is 3.67. The van der Waals surface area contributed by atoms with Crippen LogP contribution in [0.2, 0.25) is 0 Å². The standard InChI is InChI=1S/C16H20N2S/c17-11-14-4-2-1-3-13(14)5-8-18-9-6-16-15(12-18)7-10-19-16/h1-4,7,10H,5-6,8-9,11-12,17H2. The van der Waals surface area contributed by atoms with Gasteiger partial charge in [0.2, 0.25) is 0 Å². The van der Waals surface area contributed by atoms with E-state index in [1.165, 1.54) is 29.7 Å². The summed E-state index contributed by atoms with van der Waals surface area (Å²) in [5.74, 6) is 0. The van der Waals surface area contributed by atoms with Gasteiger partial charge in [-0.2, -0.15) is 0 Å². The smallest absolute Gasteiger partial charge is 0.0245 e. The molecule has 2 N–H and O–H groups in total. The van der Waals surface area contributed by atoms with Crippen molar-refractivity contribution in [2.45, 2.75) is 25.9 Å². The summed E-state index contributed by atoms with van der Waals surface area (Å²) in [5, 5.41) is 2.22. The van der Waals surface area contributed by atoms with Gasteiger partial charge in [-0.05, 0) is 41.0 Å². The summed E-state index contributed by atoms with van der Waals surface area (Å²) in [6.45, 7) is 4.08. The maximum absolute atomic E-state index is 5.80. The van der Waals surface area contributed by atoms with Crippen molar-refractivity contribution in [3.8, 4) is 0 Å². The van der Waals surface area contributed by atoms with Crippen molar-refractivity contribution in [1.82, 2.24) is 4.90 Å². The molecule has 19 heavy (non-hydrogen) atoms. The maximum Gasteiger partial charge on any atom is 0.0245 e. The first-order chi connectivity index (χ1) is 9.36. The molecular formula is C16H20N2S. The van der Waals surface area contributed by atoms with Gasteiger partial charge in [-0.1, -0.05) is 24.3 Å². The van der Waals surface area contributed by atoms with Crippen molar-refractivity contribution in [2.75, 3.05) is 13.1 Å². The second-order valence-corrected chi connectivity index (χ2v) is 6.12. The van der Waals surface area contributed by atoms with Crippen LogP contribution in [-0.2, 0) is 25.9 Å². The van der Waals surface area contributed by atoms with E-state index in [9.17, 15) is 0 Å². The van der Waals surface area contributed by atoms with E-state index in [2.05, 4.69) is 40.6 Å². The summed E-state index contributed by atoms with van der Waals surface area (Å²) >= 11 is 1.90. The van der Waals surface area contributed by atoms with E-state index < -0.39 is 0 Å². The van der Waals surface area contributed by atoms with Crippen molar-refractivity contribution < 1.29 is 0 Å². The van der Waals surface area contributed by atoms with Crippen LogP contribution >= 0.6 is 11.3 Å². The molecule has 1 aliphatic rings. The molecule has 0 spiro atoms. The zero-order chi connectivity index (χ0) is 13.1. The van der Waals surface area contributed by atoms with Crippen LogP contribution in [0.3, 0.4) is 0 Å². The van der Waals surface area contributed by atoms with Crippen molar-refractivity contribution in [2.24, 2.45) is 5.73 Å². The number of fused-ring (bicyclic) bond motifs is 1. The Labute approximate surface area is 118 Å². The second-order valence-electron chi connectivity index (χ2n) is 5.12. The van der Waals surface area contributed by atoms with Crippen LogP contribution in [-0.4, -0.2) is 18.0 Å². The molecule has 1 aromatic heterocycles. The van der Waals surface area contributed by atoms with Crippen LogP contribution < -0.4 is 5.73 Å². The Kier molecular flexibility index (Phi) is 3.97. The molecule has 0 bridgehead atoms. The van der Waals surface area contributed by atoms with Gasteiger partial charge < -0.3 is 5.73 Å². The Morgan fingerprint density at radius 1 is 1.16 bits per heavy atom. The Morgan fingerprint density at radius 3 is 2.84 bits per heavy atom. The molecule has 2 aromatic rings. The first kappa shape index (κ1) is 12.9. The lowest BCUT2D eigenvalue weighted by Gasteiger charge is -2.27. The van der Waals surface area contributed by atoms with Gasteiger partial charge in [0.25, 0.3) is 0 Å². The topological polar surface area (TPSA) is 29.3 Å². The van der Waals surface area contributed by atoms with Crippen LogP contribution in [0.1, 0.15) is 21.6 Å². The molecule has 0 saturated heterocycles. The molecule has 0 saturated carbocycles. The highest BCUT2D eigenvalue weighted by molar-refractivity contribution is 7.10. The molecule has 0 radical (unpaired) electrons. The summed E-state index contributed by atoms with van der Waals surface area (Å²) in [6, 6.07) is 10.8. The molecule has 2 nitrogen and oxygen atoms in total. The Balaban J connectivity index is 1.61. The first-order valence-corrected chi connectivity index (χ1v) is 7.79. The van der Waals surface area contributed by atoms with Crippen molar-refractivity contribution in [3.05, 3.63) is 57.3 Å². The monoisotopic (exact) mass is 272 g/mol. The van der Waals surface area contributed by atoms with Crippen LogP contribution in [0, 0.1) is 0 Å². The minimum atomic E-state index is 0.644. The highest BCUT2D eigenvalue weighted by Crippen LogP contribution is 2.24. The predicted octanol–water partition coefficient (Wildman–Crippen LogP) is 2.81. The lowest BCUT2D eigenvalue weighted by atomic mass is 10.0. The zero-order valence-electron chi connectivity index (χ0n) is 11.1. The van der Waals surface area contributed by atoms with Crippen LogP contribution in [0.4, 0.5) is 0 Å². The minimum Gasteiger partial charge on any atom is -0.326 e. The molecule has 0 amide bonds. The van der Waals surface area contributed by atoms with Gasteiger partial charge in [0.15, 0.2) is 0 Å². The SMILES string of the molecule is NCc1ccccc1CCN1CCc2sccc2C1. The van der Waals surface area contributed by atoms with Gasteiger partial charge in [0.05, 0.1) is 0 Å². The second kappa shape index (κ2) is 5.87. The van der Waals surface area contributed by atoms with E-state index >= 15 is 0 Å². The minimum absolute atomic E-state index is 0.644. The van der Waals surface area contributed by atoms with Gasteiger partial charge in [-0.15, -0.1) is 11.3 Å². The highest BCUT2D eigenvalue weighted by Gasteiger charge is 2.16. The third-order valence-electron chi connectivity index (χ3n) is 3.92. The van der Waals surface area contributed by atoms with E-state index in [1.54, 1.807) is 4.88 Å². The Hall–Kier alpha value is -1.16. The number of benzene rings is 1. The van der Waals surface area contributed by atoms with Gasteiger partial charge in [-0.25, -0.2) is 0 Å². The van der Waals surface area contributed by atoms with Gasteiger partial charge >= 0.3 is 0 Å². The fraction of sp³-hybridized carbons (Fsp3) is 0.375. The summed E-state index contributed by atoms with van der Waals surface area (Å²) in [4.78, 5) is 4.14. The van der Waals surface area contributed by atoms with Crippen LogP contribution in [0.5, 0.6) is 0 Å². The van der Waals surface area contributed by atoms with E-state index in [-0.39, 0.29) is 0 Å². The summed E-state index contributed by atoms with van der Waals surface area (Å²) in [6.07, 6.45) is 2.32. The third kappa shape index (κ3) is 2.89. The van der Waals surface area contributed by atoms with Crippen molar-refractivity contribution in [3.63, 3.8) is 0 Å². The molecule has 0 fully saturated rings. The molecule has 0 atom stereocenters. The number of nitrogens with two attached hydrogens (primary N) is 1. The molecular weight excluding hydrogens is 252 g/mol. The lowest BCUT2D eigenvalue weighted by molar-refractivity contribution is 0.259. The van der Waals surface area contributed by atoms with Gasteiger partial charge in [0, 0.05) is 31.1 Å². The molecule has 0 unspecified atom stereocenters. The molecule has 2 heterocycles. The first-order valence-electron chi connectivity index (χ1n) is 6.91. The van der Waals surface area contributed by atoms with Crippen molar-refractivity contribution >= 4 is 11.3 Å². The van der Waals surface area contributed by atoms with Crippen molar-refractivity contribution in [1.29, 1.82) is 0 Å². The van der Waals surface area contributed by atoms with Crippen LogP contribution in [0.15, 0.2) is 35.7 Å². The largest absolute Gasteiger partial charge is 0.326 e. The molecule has 3 rings (SSSR count). The number of hydrogen-bond acceptors (Lipinski definition) is 3. The number of nitrogens with zero attached hydrogens (tertiary/aromatic N) is 1. The Bertz CT molecular complexity index is 547. The fourth-order valence-electron chi connectivity index (χ4n) is 2.78. The quantitative estimate of drug-likeness (QED) is 0.927. The van der Waals surface area contributed by atoms with Gasteiger partial charge in [0.1, 0.15) is 0 Å². The molecule has 3 heteroatoms. The molecule has 1 aliphatic heterocycles. The number of rotatable bonds is 4. The Morgan fingerprint density at radius 2 is 2.00 bits per heavy atom. The maximum atomic E-state index is 5.80. The summed E-state index contributed by atoms with van der Waals surface area (Å²) in [7, 11) is 0. The lowest BCUT2D eigenvalue weighted by Crippen LogP contribution is -2.31. The van der Waals surface area contributed by atoms with E-state index in [0.717, 1.165) is 19.5 Å². The molecule has 0 aliphatic carbocycles. The van der Waals surface area contributed by atoms with E-state index in [1.807, 2.05) is 11.3 Å². The normalized spacial score (nSPS) is 15.4. The number of hydrogen-bond donors (Lipinski definition) is 1.